The zero-order chi connectivity index (χ0) is 18.8. The number of nitrogens with two attached hydrogens (primary N) is 2. The molecule has 0 aromatic heterocycles. The third kappa shape index (κ3) is 3.34. The quantitative estimate of drug-likeness (QED) is 0.389. The molecule has 26 heavy (non-hydrogen) atoms. The fourth-order valence-corrected chi connectivity index (χ4v) is 2.08. The van der Waals surface area contributed by atoms with Crippen LogP contribution in [0.1, 0.15) is 0 Å². The summed E-state index contributed by atoms with van der Waals surface area (Å²) in [5, 5.41) is 0. The molecule has 3 aromatic carbocycles. The smallest absolute Gasteiger partial charge is 0.208 e. The van der Waals surface area contributed by atoms with Gasteiger partial charge >= 0.3 is 0 Å². The van der Waals surface area contributed by atoms with E-state index >= 15 is 0 Å². The predicted molar refractivity (Wildman–Crippen MR) is 88.1 cm³/mol. The summed E-state index contributed by atoms with van der Waals surface area (Å²) >= 11 is 0. The molecule has 8 heteroatoms. The molecule has 3 rings (SSSR count). The summed E-state index contributed by atoms with van der Waals surface area (Å²) in [7, 11) is 0. The van der Waals surface area contributed by atoms with Gasteiger partial charge in [-0.15, -0.1) is 0 Å². The van der Waals surface area contributed by atoms with Crippen LogP contribution >= 0.6 is 0 Å². The van der Waals surface area contributed by atoms with Gasteiger partial charge in [0.1, 0.15) is 11.5 Å². The van der Waals surface area contributed by atoms with Crippen LogP contribution in [-0.4, -0.2) is 0 Å². The maximum atomic E-state index is 14.2. The molecule has 0 saturated heterocycles. The lowest BCUT2D eigenvalue weighted by Gasteiger charge is -2.13. The summed E-state index contributed by atoms with van der Waals surface area (Å²) in [5.41, 5.74) is 11.7. The third-order valence-electron chi connectivity index (χ3n) is 3.38. The highest BCUT2D eigenvalue weighted by Gasteiger charge is 2.29. The van der Waals surface area contributed by atoms with Gasteiger partial charge in [0.25, 0.3) is 0 Å². The number of benzene rings is 3. The zero-order valence-electron chi connectivity index (χ0n) is 13.1. The van der Waals surface area contributed by atoms with Gasteiger partial charge in [0, 0.05) is 11.4 Å². The molecule has 0 aliphatic carbocycles. The Balaban J connectivity index is 1.98. The highest BCUT2D eigenvalue weighted by molar-refractivity contribution is 5.47. The molecule has 3 aromatic rings. The van der Waals surface area contributed by atoms with E-state index in [1.54, 1.807) is 0 Å². The molecule has 0 atom stereocenters. The van der Waals surface area contributed by atoms with Crippen LogP contribution in [0.15, 0.2) is 48.5 Å². The Hall–Kier alpha value is -3.42. The largest absolute Gasteiger partial charge is 0.451 e. The van der Waals surface area contributed by atoms with Crippen LogP contribution in [0.5, 0.6) is 23.0 Å². The van der Waals surface area contributed by atoms with Gasteiger partial charge < -0.3 is 20.9 Å². The van der Waals surface area contributed by atoms with Crippen LogP contribution in [0.2, 0.25) is 0 Å². The number of hydrogen-bond acceptors (Lipinski definition) is 4. The summed E-state index contributed by atoms with van der Waals surface area (Å²) in [6.45, 7) is 0. The van der Waals surface area contributed by atoms with Crippen molar-refractivity contribution in [3.63, 3.8) is 0 Å². The van der Waals surface area contributed by atoms with Gasteiger partial charge in [-0.1, -0.05) is 0 Å². The number of rotatable bonds is 4. The molecule has 0 spiro atoms. The van der Waals surface area contributed by atoms with Crippen molar-refractivity contribution in [2.45, 2.75) is 0 Å². The second kappa shape index (κ2) is 6.83. The van der Waals surface area contributed by atoms with Crippen molar-refractivity contribution in [2.75, 3.05) is 11.5 Å². The van der Waals surface area contributed by atoms with E-state index in [1.165, 1.54) is 48.5 Å². The third-order valence-corrected chi connectivity index (χ3v) is 3.38. The Kier molecular flexibility index (Phi) is 4.57. The SMILES string of the molecule is Nc1ccc(Oc2c(F)c(F)c(Oc3ccc(N)cc3)c(F)c2F)cc1. The molecule has 0 heterocycles. The van der Waals surface area contributed by atoms with Crippen molar-refractivity contribution >= 4 is 11.4 Å². The van der Waals surface area contributed by atoms with Gasteiger partial charge in [-0.2, -0.15) is 17.6 Å². The Morgan fingerprint density at radius 1 is 0.500 bits per heavy atom. The summed E-state index contributed by atoms with van der Waals surface area (Å²) in [4.78, 5) is 0. The van der Waals surface area contributed by atoms with Crippen molar-refractivity contribution < 1.29 is 27.0 Å². The van der Waals surface area contributed by atoms with E-state index in [9.17, 15) is 17.6 Å². The molecule has 4 nitrogen and oxygen atoms in total. The first kappa shape index (κ1) is 17.4. The second-order valence-electron chi connectivity index (χ2n) is 5.26. The highest BCUT2D eigenvalue weighted by Crippen LogP contribution is 2.38. The molecular weight excluding hydrogens is 352 g/mol. The first-order chi connectivity index (χ1) is 12.4. The molecule has 0 fully saturated rings. The molecule has 0 amide bonds. The van der Waals surface area contributed by atoms with Crippen LogP contribution in [0.4, 0.5) is 28.9 Å². The first-order valence-corrected chi connectivity index (χ1v) is 7.29. The fraction of sp³-hybridized carbons (Fsp3) is 0. The highest BCUT2D eigenvalue weighted by atomic mass is 19.2. The second-order valence-corrected chi connectivity index (χ2v) is 5.26. The van der Waals surface area contributed by atoms with Gasteiger partial charge in [-0.3, -0.25) is 0 Å². The lowest BCUT2D eigenvalue weighted by Crippen LogP contribution is -2.04. The molecule has 4 N–H and O–H groups in total. The Labute approximate surface area is 145 Å². The van der Waals surface area contributed by atoms with Gasteiger partial charge in [0.15, 0.2) is 0 Å². The van der Waals surface area contributed by atoms with Gasteiger partial charge in [-0.05, 0) is 48.5 Å². The zero-order valence-corrected chi connectivity index (χ0v) is 13.1. The van der Waals surface area contributed by atoms with E-state index in [1.807, 2.05) is 0 Å². The summed E-state index contributed by atoms with van der Waals surface area (Å²) in [6.07, 6.45) is 0. The molecular formula is C18H12F4N2O2. The predicted octanol–water partition coefficient (Wildman–Crippen LogP) is 4.99. The van der Waals surface area contributed by atoms with Crippen molar-refractivity contribution in [1.29, 1.82) is 0 Å². The average Bonchev–Trinajstić information content (AvgIpc) is 2.64. The standard InChI is InChI=1S/C18H12F4N2O2/c19-13-15(21)18(26-12-7-3-10(24)4-8-12)16(22)14(20)17(13)25-11-5-1-9(23)2-6-11/h1-8H,23-24H2. The Morgan fingerprint density at radius 2 is 0.769 bits per heavy atom. The van der Waals surface area contributed by atoms with Crippen molar-refractivity contribution in [1.82, 2.24) is 0 Å². The number of hydrogen-bond donors (Lipinski definition) is 2. The maximum Gasteiger partial charge on any atom is 0.208 e. The fourth-order valence-electron chi connectivity index (χ4n) is 2.08. The van der Waals surface area contributed by atoms with E-state index in [4.69, 9.17) is 20.9 Å². The summed E-state index contributed by atoms with van der Waals surface area (Å²) in [5.74, 6) is -9.48. The average molecular weight is 364 g/mol. The Bertz CT molecular complexity index is 837. The topological polar surface area (TPSA) is 70.5 Å². The van der Waals surface area contributed by atoms with Crippen LogP contribution in [0.3, 0.4) is 0 Å². The first-order valence-electron chi connectivity index (χ1n) is 7.29. The van der Waals surface area contributed by atoms with Crippen LogP contribution in [0.25, 0.3) is 0 Å². The number of anilines is 2. The monoisotopic (exact) mass is 364 g/mol. The lowest BCUT2D eigenvalue weighted by molar-refractivity contribution is 0.330. The van der Waals surface area contributed by atoms with E-state index in [0.717, 1.165) is 0 Å². The van der Waals surface area contributed by atoms with E-state index in [0.29, 0.717) is 11.4 Å². The molecule has 0 aliphatic heterocycles. The van der Waals surface area contributed by atoms with Crippen molar-refractivity contribution in [3.05, 3.63) is 71.8 Å². The summed E-state index contributed by atoms with van der Waals surface area (Å²) < 4.78 is 66.7. The molecule has 134 valence electrons. The van der Waals surface area contributed by atoms with E-state index in [2.05, 4.69) is 0 Å². The van der Waals surface area contributed by atoms with Crippen molar-refractivity contribution in [3.8, 4) is 23.0 Å². The molecule has 0 radical (unpaired) electrons. The molecule has 0 unspecified atom stereocenters. The Morgan fingerprint density at radius 3 is 1.04 bits per heavy atom. The van der Waals surface area contributed by atoms with Crippen LogP contribution < -0.4 is 20.9 Å². The minimum Gasteiger partial charge on any atom is -0.451 e. The normalized spacial score (nSPS) is 10.6. The molecule has 0 bridgehead atoms. The number of ether oxygens (including phenoxy) is 2. The minimum absolute atomic E-state index is 0.0528. The van der Waals surface area contributed by atoms with Crippen LogP contribution in [0, 0.1) is 23.3 Å². The lowest BCUT2D eigenvalue weighted by atomic mass is 10.2. The molecule has 0 saturated carbocycles. The van der Waals surface area contributed by atoms with E-state index < -0.39 is 34.8 Å². The summed E-state index contributed by atoms with van der Waals surface area (Å²) in [6, 6.07) is 10.8. The van der Waals surface area contributed by atoms with Gasteiger partial charge in [0.2, 0.25) is 34.8 Å². The van der Waals surface area contributed by atoms with Gasteiger partial charge in [-0.25, -0.2) is 0 Å². The number of halogens is 4. The van der Waals surface area contributed by atoms with Crippen molar-refractivity contribution in [2.24, 2.45) is 0 Å². The van der Waals surface area contributed by atoms with Gasteiger partial charge in [0.05, 0.1) is 0 Å². The maximum absolute atomic E-state index is 14.2. The number of nitrogen functional groups attached to an aromatic ring is 2. The van der Waals surface area contributed by atoms with E-state index in [-0.39, 0.29) is 11.5 Å². The minimum atomic E-state index is -1.73. The molecule has 0 aliphatic rings. The van der Waals surface area contributed by atoms with Crippen LogP contribution in [-0.2, 0) is 0 Å².